The Balaban J connectivity index is 2.06. The van der Waals surface area contributed by atoms with Gasteiger partial charge in [0.15, 0.2) is 0 Å². The van der Waals surface area contributed by atoms with Crippen LogP contribution >= 0.6 is 11.3 Å². The molecule has 0 bridgehead atoms. The molecule has 0 atom stereocenters. The highest BCUT2D eigenvalue weighted by atomic mass is 32.1. The van der Waals surface area contributed by atoms with E-state index in [1.165, 1.54) is 11.3 Å². The first kappa shape index (κ1) is 13.7. The van der Waals surface area contributed by atoms with Gasteiger partial charge >= 0.3 is 0 Å². The Morgan fingerprint density at radius 3 is 2.86 bits per heavy atom. The van der Waals surface area contributed by atoms with Crippen molar-refractivity contribution in [2.75, 3.05) is 17.2 Å². The number of anilines is 3. The predicted octanol–water partition coefficient (Wildman–Crippen LogP) is 4.14. The normalized spacial score (nSPS) is 10.8. The van der Waals surface area contributed by atoms with Crippen LogP contribution in [0.5, 0.6) is 0 Å². The molecule has 7 heteroatoms. The fourth-order valence-corrected chi connectivity index (χ4v) is 2.67. The minimum Gasteiger partial charge on any atom is -0.354 e. The van der Waals surface area contributed by atoms with Gasteiger partial charge < -0.3 is 10.6 Å². The summed E-state index contributed by atoms with van der Waals surface area (Å²) in [6, 6.07) is 5.09. The molecular weight excluding hydrogens is 294 g/mol. The average Bonchev–Trinajstić information content (AvgIpc) is 2.92. The van der Waals surface area contributed by atoms with Gasteiger partial charge in [0.2, 0.25) is 5.95 Å². The molecule has 2 N–H and O–H groups in total. The van der Waals surface area contributed by atoms with Crippen LogP contribution in [0.2, 0.25) is 0 Å². The van der Waals surface area contributed by atoms with Crippen LogP contribution in [0.3, 0.4) is 0 Å². The monoisotopic (exact) mass is 306 g/mol. The summed E-state index contributed by atoms with van der Waals surface area (Å²) in [6.45, 7) is 2.60. The van der Waals surface area contributed by atoms with Gasteiger partial charge in [-0.3, -0.25) is 0 Å². The third-order valence-electron chi connectivity index (χ3n) is 2.84. The highest BCUT2D eigenvalue weighted by Crippen LogP contribution is 2.29. The van der Waals surface area contributed by atoms with Crippen molar-refractivity contribution in [1.29, 1.82) is 0 Å². The minimum absolute atomic E-state index is 0.0450. The third-order valence-corrected chi connectivity index (χ3v) is 3.65. The summed E-state index contributed by atoms with van der Waals surface area (Å²) in [4.78, 5) is 9.45. The molecule has 2 aromatic heterocycles. The van der Waals surface area contributed by atoms with Gasteiger partial charge in [0.05, 0.1) is 11.1 Å². The van der Waals surface area contributed by atoms with E-state index in [1.54, 1.807) is 0 Å². The smallest absolute Gasteiger partial charge is 0.226 e. The SMILES string of the molecule is CCNc1nc(Nc2cc(F)ccc2F)c2ccsc2n1. The molecule has 0 unspecified atom stereocenters. The Labute approximate surface area is 123 Å². The minimum atomic E-state index is -0.539. The second-order valence-electron chi connectivity index (χ2n) is 4.31. The van der Waals surface area contributed by atoms with Crippen molar-refractivity contribution in [2.45, 2.75) is 6.92 Å². The van der Waals surface area contributed by atoms with E-state index in [-0.39, 0.29) is 5.69 Å². The molecule has 2 heterocycles. The summed E-state index contributed by atoms with van der Waals surface area (Å²) in [5, 5.41) is 8.51. The Kier molecular flexibility index (Phi) is 3.66. The van der Waals surface area contributed by atoms with Crippen LogP contribution in [-0.4, -0.2) is 16.5 Å². The van der Waals surface area contributed by atoms with E-state index in [0.717, 1.165) is 28.4 Å². The molecule has 0 aliphatic heterocycles. The molecule has 0 saturated carbocycles. The number of nitrogens with zero attached hydrogens (tertiary/aromatic N) is 2. The van der Waals surface area contributed by atoms with Crippen LogP contribution in [-0.2, 0) is 0 Å². The van der Waals surface area contributed by atoms with Crippen LogP contribution < -0.4 is 10.6 Å². The summed E-state index contributed by atoms with van der Waals surface area (Å²) in [7, 11) is 0. The lowest BCUT2D eigenvalue weighted by Gasteiger charge is -2.10. The van der Waals surface area contributed by atoms with Crippen LogP contribution in [0, 0.1) is 11.6 Å². The number of hydrogen-bond acceptors (Lipinski definition) is 5. The molecule has 21 heavy (non-hydrogen) atoms. The summed E-state index contributed by atoms with van der Waals surface area (Å²) >= 11 is 1.46. The number of fused-ring (bicyclic) bond motifs is 1. The van der Waals surface area contributed by atoms with Crippen molar-refractivity contribution in [1.82, 2.24) is 9.97 Å². The van der Waals surface area contributed by atoms with E-state index in [4.69, 9.17) is 0 Å². The zero-order chi connectivity index (χ0) is 14.8. The fraction of sp³-hybridized carbons (Fsp3) is 0.143. The maximum Gasteiger partial charge on any atom is 0.226 e. The van der Waals surface area contributed by atoms with Crippen LogP contribution in [0.15, 0.2) is 29.6 Å². The maximum atomic E-state index is 13.7. The predicted molar refractivity (Wildman–Crippen MR) is 81.2 cm³/mol. The van der Waals surface area contributed by atoms with Crippen molar-refractivity contribution in [3.05, 3.63) is 41.3 Å². The third kappa shape index (κ3) is 2.78. The van der Waals surface area contributed by atoms with Gasteiger partial charge in [-0.2, -0.15) is 4.98 Å². The van der Waals surface area contributed by atoms with Gasteiger partial charge in [0.25, 0.3) is 0 Å². The molecule has 3 aromatic rings. The van der Waals surface area contributed by atoms with Crippen LogP contribution in [0.4, 0.5) is 26.2 Å². The molecule has 4 nitrogen and oxygen atoms in total. The Hall–Kier alpha value is -2.28. The summed E-state index contributed by atoms with van der Waals surface area (Å²) in [6.07, 6.45) is 0. The lowest BCUT2D eigenvalue weighted by Crippen LogP contribution is -2.05. The molecule has 0 spiro atoms. The summed E-state index contributed by atoms with van der Waals surface area (Å²) in [5.41, 5.74) is 0.0450. The molecule has 0 saturated heterocycles. The van der Waals surface area contributed by atoms with E-state index in [9.17, 15) is 8.78 Å². The van der Waals surface area contributed by atoms with E-state index < -0.39 is 11.6 Å². The molecule has 1 aromatic carbocycles. The number of halogens is 2. The van der Waals surface area contributed by atoms with Crippen molar-refractivity contribution in [2.24, 2.45) is 0 Å². The van der Waals surface area contributed by atoms with Gasteiger partial charge in [-0.05, 0) is 30.5 Å². The van der Waals surface area contributed by atoms with Crippen molar-refractivity contribution in [3.63, 3.8) is 0 Å². The summed E-state index contributed by atoms with van der Waals surface area (Å²) in [5.74, 6) is -0.154. The number of aromatic nitrogens is 2. The first-order chi connectivity index (χ1) is 10.2. The van der Waals surface area contributed by atoms with Crippen LogP contribution in [0.25, 0.3) is 10.2 Å². The number of rotatable bonds is 4. The van der Waals surface area contributed by atoms with Gasteiger partial charge in [-0.15, -0.1) is 11.3 Å². The molecule has 0 fully saturated rings. The average molecular weight is 306 g/mol. The molecule has 108 valence electrons. The molecular formula is C14H12F2N4S. The van der Waals surface area contributed by atoms with E-state index in [2.05, 4.69) is 20.6 Å². The van der Waals surface area contributed by atoms with Gasteiger partial charge in [0, 0.05) is 12.6 Å². The fourth-order valence-electron chi connectivity index (χ4n) is 1.91. The first-order valence-corrected chi connectivity index (χ1v) is 7.26. The van der Waals surface area contributed by atoms with Gasteiger partial charge in [-0.1, -0.05) is 0 Å². The van der Waals surface area contributed by atoms with E-state index in [1.807, 2.05) is 18.4 Å². The second-order valence-corrected chi connectivity index (χ2v) is 5.21. The molecule has 0 radical (unpaired) electrons. The molecule has 0 amide bonds. The van der Waals surface area contributed by atoms with Crippen molar-refractivity contribution < 1.29 is 8.78 Å². The Bertz CT molecular complexity index is 788. The zero-order valence-corrected chi connectivity index (χ0v) is 12.0. The highest BCUT2D eigenvalue weighted by Gasteiger charge is 2.11. The number of benzene rings is 1. The molecule has 0 aliphatic rings. The van der Waals surface area contributed by atoms with E-state index in [0.29, 0.717) is 18.3 Å². The Morgan fingerprint density at radius 1 is 1.19 bits per heavy atom. The molecule has 0 aliphatic carbocycles. The quantitative estimate of drug-likeness (QED) is 0.760. The standard InChI is InChI=1S/C14H12F2N4S/c1-2-17-14-19-12(9-5-6-21-13(9)20-14)18-11-7-8(15)3-4-10(11)16/h3-7H,2H2,1H3,(H2,17,18,19,20). The summed E-state index contributed by atoms with van der Waals surface area (Å²) < 4.78 is 27.0. The topological polar surface area (TPSA) is 49.8 Å². The highest BCUT2D eigenvalue weighted by molar-refractivity contribution is 7.16. The van der Waals surface area contributed by atoms with Crippen LogP contribution in [0.1, 0.15) is 6.92 Å². The van der Waals surface area contributed by atoms with Crippen molar-refractivity contribution in [3.8, 4) is 0 Å². The largest absolute Gasteiger partial charge is 0.354 e. The number of nitrogens with one attached hydrogen (secondary N) is 2. The second kappa shape index (κ2) is 5.61. The van der Waals surface area contributed by atoms with Gasteiger partial charge in [0.1, 0.15) is 22.3 Å². The van der Waals surface area contributed by atoms with Crippen molar-refractivity contribution >= 4 is 39.0 Å². The lowest BCUT2D eigenvalue weighted by molar-refractivity contribution is 0.603. The van der Waals surface area contributed by atoms with E-state index >= 15 is 0 Å². The molecule has 3 rings (SSSR count). The number of hydrogen-bond donors (Lipinski definition) is 2. The zero-order valence-electron chi connectivity index (χ0n) is 11.2. The maximum absolute atomic E-state index is 13.7. The Morgan fingerprint density at radius 2 is 2.05 bits per heavy atom. The van der Waals surface area contributed by atoms with Gasteiger partial charge in [-0.25, -0.2) is 13.8 Å². The first-order valence-electron chi connectivity index (χ1n) is 6.38. The number of thiophene rings is 1. The lowest BCUT2D eigenvalue weighted by atomic mass is 10.3.